The number of likely N-dealkylation sites (tertiary alicyclic amines) is 1. The molecule has 1 fully saturated rings. The standard InChI is InChI=1S/C10H13NO2/c1-6-3-4-7-8(5-6)10(13)11(2)9(7)12/h3,7-8H,4-5H2,1-2H3/t7-,8-/m0/s1. The van der Waals surface area contributed by atoms with Crippen LogP contribution in [0.15, 0.2) is 11.6 Å². The van der Waals surface area contributed by atoms with Crippen molar-refractivity contribution in [2.24, 2.45) is 11.8 Å². The molecule has 1 aliphatic heterocycles. The van der Waals surface area contributed by atoms with Crippen molar-refractivity contribution in [3.8, 4) is 0 Å². The maximum atomic E-state index is 11.6. The smallest absolute Gasteiger partial charge is 0.233 e. The zero-order chi connectivity index (χ0) is 9.59. The molecule has 0 saturated carbocycles. The predicted molar refractivity (Wildman–Crippen MR) is 47.7 cm³/mol. The van der Waals surface area contributed by atoms with E-state index in [1.54, 1.807) is 7.05 Å². The predicted octanol–water partition coefficient (Wildman–Crippen LogP) is 0.958. The Morgan fingerprint density at radius 1 is 1.31 bits per heavy atom. The van der Waals surface area contributed by atoms with Gasteiger partial charge in [-0.15, -0.1) is 0 Å². The van der Waals surface area contributed by atoms with E-state index < -0.39 is 0 Å². The second-order valence-corrected chi connectivity index (χ2v) is 3.94. The van der Waals surface area contributed by atoms with E-state index >= 15 is 0 Å². The summed E-state index contributed by atoms with van der Waals surface area (Å²) in [5, 5.41) is 0. The van der Waals surface area contributed by atoms with Gasteiger partial charge in [0, 0.05) is 7.05 Å². The third-order valence-corrected chi connectivity index (χ3v) is 3.04. The molecule has 0 N–H and O–H groups in total. The topological polar surface area (TPSA) is 37.4 Å². The molecule has 0 bridgehead atoms. The molecule has 3 heteroatoms. The van der Waals surface area contributed by atoms with E-state index in [2.05, 4.69) is 6.08 Å². The van der Waals surface area contributed by atoms with Crippen LogP contribution in [0.1, 0.15) is 19.8 Å². The Bertz CT molecular complexity index is 306. The molecule has 2 rings (SSSR count). The maximum Gasteiger partial charge on any atom is 0.233 e. The molecule has 13 heavy (non-hydrogen) atoms. The lowest BCUT2D eigenvalue weighted by atomic mass is 9.82. The molecule has 1 heterocycles. The Hall–Kier alpha value is -1.12. The fraction of sp³-hybridized carbons (Fsp3) is 0.600. The molecule has 0 unspecified atom stereocenters. The second-order valence-electron chi connectivity index (χ2n) is 3.94. The van der Waals surface area contributed by atoms with Gasteiger partial charge in [-0.05, 0) is 19.8 Å². The number of hydrogen-bond acceptors (Lipinski definition) is 2. The van der Waals surface area contributed by atoms with Gasteiger partial charge in [0.1, 0.15) is 0 Å². The number of carbonyl (C=O) groups excluding carboxylic acids is 2. The minimum Gasteiger partial charge on any atom is -0.285 e. The average Bonchev–Trinajstić information content (AvgIpc) is 2.32. The molecule has 1 aliphatic carbocycles. The summed E-state index contributed by atoms with van der Waals surface area (Å²) in [6.07, 6.45) is 3.58. The van der Waals surface area contributed by atoms with E-state index in [1.165, 1.54) is 10.5 Å². The van der Waals surface area contributed by atoms with Crippen molar-refractivity contribution in [3.05, 3.63) is 11.6 Å². The number of fused-ring (bicyclic) bond motifs is 1. The minimum atomic E-state index is -0.0683. The van der Waals surface area contributed by atoms with Gasteiger partial charge in [0.2, 0.25) is 11.8 Å². The van der Waals surface area contributed by atoms with Gasteiger partial charge < -0.3 is 0 Å². The van der Waals surface area contributed by atoms with Crippen LogP contribution in [0, 0.1) is 11.8 Å². The van der Waals surface area contributed by atoms with Crippen molar-refractivity contribution >= 4 is 11.8 Å². The van der Waals surface area contributed by atoms with Crippen LogP contribution in [0.2, 0.25) is 0 Å². The lowest BCUT2D eigenvalue weighted by molar-refractivity contribution is -0.138. The minimum absolute atomic E-state index is 0.00116. The molecule has 0 aromatic carbocycles. The van der Waals surface area contributed by atoms with Gasteiger partial charge in [-0.25, -0.2) is 0 Å². The van der Waals surface area contributed by atoms with Crippen LogP contribution in [0.25, 0.3) is 0 Å². The normalized spacial score (nSPS) is 33.4. The number of allylic oxidation sites excluding steroid dienone is 2. The van der Waals surface area contributed by atoms with Crippen molar-refractivity contribution in [2.45, 2.75) is 19.8 Å². The Kier molecular flexibility index (Phi) is 1.75. The van der Waals surface area contributed by atoms with Crippen LogP contribution in [-0.2, 0) is 9.59 Å². The van der Waals surface area contributed by atoms with E-state index in [0.29, 0.717) is 0 Å². The van der Waals surface area contributed by atoms with Crippen LogP contribution in [-0.4, -0.2) is 23.8 Å². The van der Waals surface area contributed by atoms with Crippen LogP contribution < -0.4 is 0 Å². The third kappa shape index (κ3) is 1.10. The Morgan fingerprint density at radius 2 is 1.92 bits per heavy atom. The summed E-state index contributed by atoms with van der Waals surface area (Å²) in [4.78, 5) is 24.4. The quantitative estimate of drug-likeness (QED) is 0.410. The SMILES string of the molecule is CC1=CC[C@@H]2C(=O)N(C)C(=O)[C@H]2C1. The lowest BCUT2D eigenvalue weighted by Gasteiger charge is -2.19. The number of imide groups is 1. The summed E-state index contributed by atoms with van der Waals surface area (Å²) >= 11 is 0. The van der Waals surface area contributed by atoms with Gasteiger partial charge in [0.05, 0.1) is 11.8 Å². The highest BCUT2D eigenvalue weighted by Gasteiger charge is 2.46. The second kappa shape index (κ2) is 2.69. The van der Waals surface area contributed by atoms with Crippen LogP contribution in [0.3, 0.4) is 0 Å². The van der Waals surface area contributed by atoms with Crippen LogP contribution in [0.5, 0.6) is 0 Å². The Labute approximate surface area is 77.4 Å². The zero-order valence-corrected chi connectivity index (χ0v) is 7.91. The maximum absolute atomic E-state index is 11.6. The van der Waals surface area contributed by atoms with E-state index in [4.69, 9.17) is 0 Å². The van der Waals surface area contributed by atoms with Crippen molar-refractivity contribution in [3.63, 3.8) is 0 Å². The highest BCUT2D eigenvalue weighted by molar-refractivity contribution is 6.05. The summed E-state index contributed by atoms with van der Waals surface area (Å²) < 4.78 is 0. The Balaban J connectivity index is 2.30. The van der Waals surface area contributed by atoms with Crippen molar-refractivity contribution in [2.75, 3.05) is 7.05 Å². The molecule has 2 amide bonds. The monoisotopic (exact) mass is 179 g/mol. The lowest BCUT2D eigenvalue weighted by Crippen LogP contribution is -2.26. The number of rotatable bonds is 0. The van der Waals surface area contributed by atoms with Crippen molar-refractivity contribution < 1.29 is 9.59 Å². The van der Waals surface area contributed by atoms with E-state index in [9.17, 15) is 9.59 Å². The van der Waals surface area contributed by atoms with E-state index in [0.717, 1.165) is 12.8 Å². The highest BCUT2D eigenvalue weighted by Crippen LogP contribution is 2.36. The first-order valence-corrected chi connectivity index (χ1v) is 4.58. The molecule has 3 nitrogen and oxygen atoms in total. The number of amides is 2. The first kappa shape index (κ1) is 8.48. The highest BCUT2D eigenvalue weighted by atomic mass is 16.2. The van der Waals surface area contributed by atoms with Crippen molar-refractivity contribution in [1.82, 2.24) is 4.90 Å². The number of carbonyl (C=O) groups is 2. The van der Waals surface area contributed by atoms with Crippen LogP contribution in [0.4, 0.5) is 0 Å². The fourth-order valence-electron chi connectivity index (χ4n) is 2.20. The van der Waals surface area contributed by atoms with E-state index in [-0.39, 0.29) is 23.7 Å². The zero-order valence-electron chi connectivity index (χ0n) is 7.91. The summed E-state index contributed by atoms with van der Waals surface area (Å²) in [6.45, 7) is 2.02. The molecule has 70 valence electrons. The molecule has 2 aliphatic rings. The van der Waals surface area contributed by atoms with Gasteiger partial charge in [-0.1, -0.05) is 11.6 Å². The molecule has 1 saturated heterocycles. The summed E-state index contributed by atoms with van der Waals surface area (Å²) in [5.41, 5.74) is 1.23. The molecule has 0 aromatic rings. The summed E-state index contributed by atoms with van der Waals surface area (Å²) in [7, 11) is 1.58. The van der Waals surface area contributed by atoms with Gasteiger partial charge in [0.15, 0.2) is 0 Å². The van der Waals surface area contributed by atoms with Gasteiger partial charge in [-0.2, -0.15) is 0 Å². The Morgan fingerprint density at radius 3 is 2.62 bits per heavy atom. The van der Waals surface area contributed by atoms with Gasteiger partial charge >= 0.3 is 0 Å². The molecule has 0 spiro atoms. The third-order valence-electron chi connectivity index (χ3n) is 3.04. The largest absolute Gasteiger partial charge is 0.285 e. The first-order chi connectivity index (χ1) is 6.11. The number of hydrogen-bond donors (Lipinski definition) is 0. The van der Waals surface area contributed by atoms with E-state index in [1.807, 2.05) is 6.92 Å². The first-order valence-electron chi connectivity index (χ1n) is 4.58. The molecule has 0 aromatic heterocycles. The summed E-state index contributed by atoms with van der Waals surface area (Å²) in [5.74, 6) is -0.134. The number of nitrogens with zero attached hydrogens (tertiary/aromatic N) is 1. The molecule has 2 atom stereocenters. The summed E-state index contributed by atoms with van der Waals surface area (Å²) in [6, 6.07) is 0. The van der Waals surface area contributed by atoms with Crippen LogP contribution >= 0.6 is 0 Å². The molecular formula is C10H13NO2. The fourth-order valence-corrected chi connectivity index (χ4v) is 2.20. The average molecular weight is 179 g/mol. The molecular weight excluding hydrogens is 166 g/mol. The van der Waals surface area contributed by atoms with Crippen molar-refractivity contribution in [1.29, 1.82) is 0 Å². The van der Waals surface area contributed by atoms with Gasteiger partial charge in [0.25, 0.3) is 0 Å². The van der Waals surface area contributed by atoms with Gasteiger partial charge in [-0.3, -0.25) is 14.5 Å². The molecule has 0 radical (unpaired) electrons.